The van der Waals surface area contributed by atoms with Crippen LogP contribution in [0.25, 0.3) is 11.0 Å². The summed E-state index contributed by atoms with van der Waals surface area (Å²) in [6.07, 6.45) is 0. The van der Waals surface area contributed by atoms with E-state index in [9.17, 15) is 0 Å². The molecule has 13 heavy (non-hydrogen) atoms. The number of halogens is 1. The van der Waals surface area contributed by atoms with E-state index in [0.717, 1.165) is 16.7 Å². The molecule has 2 rings (SSSR count). The second-order valence-electron chi connectivity index (χ2n) is 3.10. The third-order valence-electron chi connectivity index (χ3n) is 1.96. The fourth-order valence-electron chi connectivity index (χ4n) is 1.27. The molecule has 2 N–H and O–H groups in total. The zero-order valence-electron chi connectivity index (χ0n) is 7.25. The first-order chi connectivity index (χ1) is 6.18. The average molecular weight is 196 g/mol. The molecule has 3 heteroatoms. The number of rotatable bonds is 1. The molecule has 0 aliphatic rings. The van der Waals surface area contributed by atoms with Crippen LogP contribution >= 0.6 is 11.6 Å². The molecule has 0 fully saturated rings. The minimum absolute atomic E-state index is 0.0940. The third kappa shape index (κ3) is 1.43. The smallest absolute Gasteiger partial charge is 0.152 e. The number of hydrogen-bond acceptors (Lipinski definition) is 2. The van der Waals surface area contributed by atoms with Gasteiger partial charge in [0.05, 0.1) is 11.1 Å². The highest BCUT2D eigenvalue weighted by Gasteiger charge is 2.08. The summed E-state index contributed by atoms with van der Waals surface area (Å²) in [7, 11) is 0. The molecule has 1 aromatic carbocycles. The van der Waals surface area contributed by atoms with E-state index in [4.69, 9.17) is 21.8 Å². The van der Waals surface area contributed by atoms with Crippen LogP contribution in [-0.2, 0) is 0 Å². The topological polar surface area (TPSA) is 39.2 Å². The largest absolute Gasteiger partial charge is 0.458 e. The molecule has 0 aliphatic heterocycles. The molecule has 0 bridgehead atoms. The summed E-state index contributed by atoms with van der Waals surface area (Å²) in [6, 6.07) is 7.48. The number of benzene rings is 1. The van der Waals surface area contributed by atoms with Gasteiger partial charge < -0.3 is 10.2 Å². The van der Waals surface area contributed by atoms with Crippen molar-refractivity contribution in [2.45, 2.75) is 13.0 Å². The van der Waals surface area contributed by atoms with Crippen molar-refractivity contribution in [3.8, 4) is 0 Å². The first-order valence-electron chi connectivity index (χ1n) is 4.12. The summed E-state index contributed by atoms with van der Waals surface area (Å²) < 4.78 is 5.50. The van der Waals surface area contributed by atoms with Crippen LogP contribution in [0.3, 0.4) is 0 Å². The summed E-state index contributed by atoms with van der Waals surface area (Å²) >= 11 is 5.94. The average Bonchev–Trinajstić information content (AvgIpc) is 2.49. The van der Waals surface area contributed by atoms with Gasteiger partial charge in [0, 0.05) is 5.39 Å². The molecular formula is C10H10ClNO. The molecule has 1 unspecified atom stereocenters. The Balaban J connectivity index is 2.68. The van der Waals surface area contributed by atoms with E-state index in [0.29, 0.717) is 5.02 Å². The molecular weight excluding hydrogens is 186 g/mol. The maximum atomic E-state index is 5.94. The van der Waals surface area contributed by atoms with Gasteiger partial charge in [-0.2, -0.15) is 0 Å². The van der Waals surface area contributed by atoms with Crippen LogP contribution in [0, 0.1) is 0 Å². The summed E-state index contributed by atoms with van der Waals surface area (Å²) in [5, 5.41) is 1.63. The Morgan fingerprint density at radius 3 is 2.85 bits per heavy atom. The highest BCUT2D eigenvalue weighted by Crippen LogP contribution is 2.28. The van der Waals surface area contributed by atoms with E-state index >= 15 is 0 Å². The lowest BCUT2D eigenvalue weighted by Gasteiger charge is -1.96. The molecule has 2 aromatic rings. The predicted molar refractivity (Wildman–Crippen MR) is 53.8 cm³/mol. The van der Waals surface area contributed by atoms with E-state index in [-0.39, 0.29) is 6.04 Å². The van der Waals surface area contributed by atoms with Crippen LogP contribution in [0.4, 0.5) is 0 Å². The summed E-state index contributed by atoms with van der Waals surface area (Å²) in [5.74, 6) is 0.767. The van der Waals surface area contributed by atoms with Crippen molar-refractivity contribution in [2.75, 3.05) is 0 Å². The van der Waals surface area contributed by atoms with Gasteiger partial charge in [-0.05, 0) is 19.1 Å². The molecule has 68 valence electrons. The zero-order valence-corrected chi connectivity index (χ0v) is 8.01. The van der Waals surface area contributed by atoms with Gasteiger partial charge in [0.15, 0.2) is 5.58 Å². The third-order valence-corrected chi connectivity index (χ3v) is 2.26. The van der Waals surface area contributed by atoms with Gasteiger partial charge in [-0.3, -0.25) is 0 Å². The SMILES string of the molecule is CC(N)c1cc2cccc(Cl)c2o1. The van der Waals surface area contributed by atoms with Crippen molar-refractivity contribution < 1.29 is 4.42 Å². The Kier molecular flexibility index (Phi) is 2.02. The molecule has 0 saturated heterocycles. The van der Waals surface area contributed by atoms with Crippen LogP contribution in [0.1, 0.15) is 18.7 Å². The van der Waals surface area contributed by atoms with E-state index in [2.05, 4.69) is 0 Å². The Morgan fingerprint density at radius 2 is 2.23 bits per heavy atom. The van der Waals surface area contributed by atoms with Crippen molar-refractivity contribution in [2.24, 2.45) is 5.73 Å². The molecule has 2 nitrogen and oxygen atoms in total. The van der Waals surface area contributed by atoms with Crippen molar-refractivity contribution in [3.63, 3.8) is 0 Å². The van der Waals surface area contributed by atoms with Crippen molar-refractivity contribution >= 4 is 22.6 Å². The van der Waals surface area contributed by atoms with Crippen molar-refractivity contribution in [1.82, 2.24) is 0 Å². The van der Waals surface area contributed by atoms with Crippen LogP contribution in [0.15, 0.2) is 28.7 Å². The fraction of sp³-hybridized carbons (Fsp3) is 0.200. The Labute approximate surface area is 81.3 Å². The van der Waals surface area contributed by atoms with Gasteiger partial charge in [0.2, 0.25) is 0 Å². The monoisotopic (exact) mass is 195 g/mol. The summed E-state index contributed by atoms with van der Waals surface area (Å²) in [6.45, 7) is 1.88. The molecule has 0 amide bonds. The molecule has 0 saturated carbocycles. The van der Waals surface area contributed by atoms with Crippen LogP contribution in [-0.4, -0.2) is 0 Å². The lowest BCUT2D eigenvalue weighted by atomic mass is 10.2. The van der Waals surface area contributed by atoms with Crippen LogP contribution < -0.4 is 5.73 Å². The second-order valence-corrected chi connectivity index (χ2v) is 3.50. The van der Waals surface area contributed by atoms with E-state index in [1.54, 1.807) is 6.07 Å². The van der Waals surface area contributed by atoms with E-state index in [1.165, 1.54) is 0 Å². The first kappa shape index (κ1) is 8.60. The van der Waals surface area contributed by atoms with Gasteiger partial charge in [-0.15, -0.1) is 0 Å². The van der Waals surface area contributed by atoms with E-state index < -0.39 is 0 Å². The maximum Gasteiger partial charge on any atom is 0.152 e. The van der Waals surface area contributed by atoms with Crippen LogP contribution in [0.5, 0.6) is 0 Å². The maximum absolute atomic E-state index is 5.94. The standard InChI is InChI=1S/C10H10ClNO/c1-6(12)9-5-7-3-2-4-8(11)10(7)13-9/h2-6H,12H2,1H3. The molecule has 1 heterocycles. The van der Waals surface area contributed by atoms with Crippen molar-refractivity contribution in [3.05, 3.63) is 35.0 Å². The van der Waals surface area contributed by atoms with E-state index in [1.807, 2.05) is 25.1 Å². The zero-order chi connectivity index (χ0) is 9.42. The summed E-state index contributed by atoms with van der Waals surface area (Å²) in [4.78, 5) is 0. The van der Waals surface area contributed by atoms with Gasteiger partial charge >= 0.3 is 0 Å². The number of furan rings is 1. The lowest BCUT2D eigenvalue weighted by molar-refractivity contribution is 0.513. The van der Waals surface area contributed by atoms with Gasteiger partial charge in [-0.1, -0.05) is 23.7 Å². The predicted octanol–water partition coefficient (Wildman–Crippen LogP) is 3.11. The normalized spacial score (nSPS) is 13.5. The minimum Gasteiger partial charge on any atom is -0.458 e. The number of fused-ring (bicyclic) bond motifs is 1. The molecule has 0 aliphatic carbocycles. The van der Waals surface area contributed by atoms with Gasteiger partial charge in [0.25, 0.3) is 0 Å². The van der Waals surface area contributed by atoms with Gasteiger partial charge in [0.1, 0.15) is 5.76 Å². The van der Waals surface area contributed by atoms with Crippen LogP contribution in [0.2, 0.25) is 5.02 Å². The molecule has 0 spiro atoms. The minimum atomic E-state index is -0.0940. The first-order valence-corrected chi connectivity index (χ1v) is 4.50. The number of hydrogen-bond donors (Lipinski definition) is 1. The van der Waals surface area contributed by atoms with Crippen molar-refractivity contribution in [1.29, 1.82) is 0 Å². The molecule has 0 radical (unpaired) electrons. The quantitative estimate of drug-likeness (QED) is 0.760. The highest BCUT2D eigenvalue weighted by molar-refractivity contribution is 6.34. The lowest BCUT2D eigenvalue weighted by Crippen LogP contribution is -2.02. The highest BCUT2D eigenvalue weighted by atomic mass is 35.5. The number of para-hydroxylation sites is 1. The van der Waals surface area contributed by atoms with Gasteiger partial charge in [-0.25, -0.2) is 0 Å². The fourth-order valence-corrected chi connectivity index (χ4v) is 1.49. The molecule has 1 aromatic heterocycles. The second kappa shape index (κ2) is 3.05. The molecule has 1 atom stereocenters. The Hall–Kier alpha value is -0.990. The summed E-state index contributed by atoms with van der Waals surface area (Å²) in [5.41, 5.74) is 6.41. The Bertz CT molecular complexity index is 433. The Morgan fingerprint density at radius 1 is 1.46 bits per heavy atom. The number of nitrogens with two attached hydrogens (primary N) is 1.